The number of carbonyl (C=O) groups is 1. The molecule has 0 fully saturated rings. The monoisotopic (exact) mass is 296 g/mol. The maximum absolute atomic E-state index is 12.2. The number of hydrogen-bond acceptors (Lipinski definition) is 5. The number of nitrogen functional groups attached to an aromatic ring is 1. The second kappa shape index (κ2) is 8.81. The zero-order chi connectivity index (χ0) is 15.0. The minimum absolute atomic E-state index is 0.0748. The van der Waals surface area contributed by atoms with Gasteiger partial charge in [0.15, 0.2) is 0 Å². The molecule has 1 heterocycles. The van der Waals surface area contributed by atoms with Crippen LogP contribution in [0.1, 0.15) is 36.3 Å². The number of amides is 1. The standard InChI is InChI=1S/C14H24N4OS/c1-4-5-12-6-11(7-13(17-12)18-15)14(19)16-8-10(2)9-20-3/h6-7,10H,4-5,8-9,15H2,1-3H3,(H,16,19)(H,17,18). The van der Waals surface area contributed by atoms with Crippen molar-refractivity contribution < 1.29 is 4.79 Å². The molecule has 1 aromatic heterocycles. The van der Waals surface area contributed by atoms with E-state index in [1.165, 1.54) is 0 Å². The van der Waals surface area contributed by atoms with Gasteiger partial charge in [-0.05, 0) is 36.5 Å². The van der Waals surface area contributed by atoms with Gasteiger partial charge in [-0.25, -0.2) is 10.8 Å². The molecule has 1 unspecified atom stereocenters. The number of pyridine rings is 1. The summed E-state index contributed by atoms with van der Waals surface area (Å²) in [5.41, 5.74) is 4.00. The number of rotatable bonds is 8. The average molecular weight is 296 g/mol. The van der Waals surface area contributed by atoms with Gasteiger partial charge in [-0.15, -0.1) is 0 Å². The highest BCUT2D eigenvalue weighted by Gasteiger charge is 2.10. The molecule has 6 heteroatoms. The van der Waals surface area contributed by atoms with Crippen molar-refractivity contribution in [2.24, 2.45) is 11.8 Å². The van der Waals surface area contributed by atoms with Crippen molar-refractivity contribution in [3.8, 4) is 0 Å². The van der Waals surface area contributed by atoms with Gasteiger partial charge in [0.05, 0.1) is 0 Å². The van der Waals surface area contributed by atoms with Crippen LogP contribution in [0, 0.1) is 5.92 Å². The number of aromatic nitrogens is 1. The molecule has 0 bridgehead atoms. The van der Waals surface area contributed by atoms with E-state index in [1.807, 2.05) is 6.07 Å². The average Bonchev–Trinajstić information content (AvgIpc) is 2.45. The van der Waals surface area contributed by atoms with Crippen LogP contribution in [0.2, 0.25) is 0 Å². The van der Waals surface area contributed by atoms with Gasteiger partial charge in [-0.1, -0.05) is 20.3 Å². The Kier molecular flexibility index (Phi) is 7.40. The number of anilines is 1. The Morgan fingerprint density at radius 1 is 1.50 bits per heavy atom. The molecule has 1 rings (SSSR count). The van der Waals surface area contributed by atoms with Crippen molar-refractivity contribution in [2.45, 2.75) is 26.7 Å². The van der Waals surface area contributed by atoms with Crippen molar-refractivity contribution in [1.82, 2.24) is 10.3 Å². The molecule has 1 amide bonds. The molecule has 0 aliphatic heterocycles. The molecule has 1 aromatic rings. The fourth-order valence-electron chi connectivity index (χ4n) is 1.89. The molecule has 5 nitrogen and oxygen atoms in total. The summed E-state index contributed by atoms with van der Waals surface area (Å²) in [6, 6.07) is 3.51. The summed E-state index contributed by atoms with van der Waals surface area (Å²) in [6.45, 7) is 4.88. The first-order valence-corrected chi connectivity index (χ1v) is 8.24. The van der Waals surface area contributed by atoms with Crippen molar-refractivity contribution in [3.63, 3.8) is 0 Å². The Hall–Kier alpha value is -1.27. The van der Waals surface area contributed by atoms with Gasteiger partial charge >= 0.3 is 0 Å². The van der Waals surface area contributed by atoms with E-state index in [9.17, 15) is 4.79 Å². The first-order valence-electron chi connectivity index (χ1n) is 6.85. The van der Waals surface area contributed by atoms with Crippen molar-refractivity contribution >= 4 is 23.5 Å². The van der Waals surface area contributed by atoms with E-state index in [0.717, 1.165) is 24.3 Å². The van der Waals surface area contributed by atoms with Crippen LogP contribution in [0.25, 0.3) is 0 Å². The molecule has 4 N–H and O–H groups in total. The predicted molar refractivity (Wildman–Crippen MR) is 85.9 cm³/mol. The van der Waals surface area contributed by atoms with Gasteiger partial charge in [0, 0.05) is 17.8 Å². The third kappa shape index (κ3) is 5.38. The summed E-state index contributed by atoms with van der Waals surface area (Å²) in [7, 11) is 0. The molecular formula is C14H24N4OS. The third-order valence-corrected chi connectivity index (χ3v) is 3.76. The quantitative estimate of drug-likeness (QED) is 0.505. The summed E-state index contributed by atoms with van der Waals surface area (Å²) < 4.78 is 0. The number of nitrogens with two attached hydrogens (primary N) is 1. The molecule has 0 aliphatic carbocycles. The van der Waals surface area contributed by atoms with Gasteiger partial charge in [0.1, 0.15) is 5.82 Å². The normalized spacial score (nSPS) is 12.0. The smallest absolute Gasteiger partial charge is 0.251 e. The van der Waals surface area contributed by atoms with Crippen molar-refractivity contribution in [1.29, 1.82) is 0 Å². The van der Waals surface area contributed by atoms with Crippen LogP contribution in [-0.2, 0) is 6.42 Å². The highest BCUT2D eigenvalue weighted by Crippen LogP contribution is 2.12. The summed E-state index contributed by atoms with van der Waals surface area (Å²) in [4.78, 5) is 16.5. The zero-order valence-electron chi connectivity index (χ0n) is 12.4. The zero-order valence-corrected chi connectivity index (χ0v) is 13.2. The lowest BCUT2D eigenvalue weighted by Crippen LogP contribution is -2.29. The number of carbonyl (C=O) groups excluding carboxylic acids is 1. The van der Waals surface area contributed by atoms with E-state index in [1.54, 1.807) is 17.8 Å². The highest BCUT2D eigenvalue weighted by atomic mass is 32.2. The van der Waals surface area contributed by atoms with Gasteiger partial charge in [0.2, 0.25) is 0 Å². The molecule has 0 saturated carbocycles. The lowest BCUT2D eigenvalue weighted by molar-refractivity contribution is 0.0949. The van der Waals surface area contributed by atoms with Crippen LogP contribution in [-0.4, -0.2) is 29.4 Å². The predicted octanol–water partition coefficient (Wildman–Crippen LogP) is 2.05. The number of hydrazine groups is 1. The Labute approximate surface area is 125 Å². The second-order valence-corrected chi connectivity index (χ2v) is 5.81. The minimum atomic E-state index is -0.0748. The lowest BCUT2D eigenvalue weighted by Gasteiger charge is -2.12. The first-order chi connectivity index (χ1) is 9.60. The number of hydrogen-bond donors (Lipinski definition) is 3. The third-order valence-electron chi connectivity index (χ3n) is 2.86. The molecular weight excluding hydrogens is 272 g/mol. The number of aryl methyl sites for hydroxylation is 1. The summed E-state index contributed by atoms with van der Waals surface area (Å²) in [6.07, 6.45) is 3.88. The van der Waals surface area contributed by atoms with E-state index in [2.05, 4.69) is 35.8 Å². The molecule has 0 spiro atoms. The molecule has 0 aromatic carbocycles. The second-order valence-electron chi connectivity index (χ2n) is 4.90. The summed E-state index contributed by atoms with van der Waals surface area (Å²) in [5.74, 6) is 7.34. The summed E-state index contributed by atoms with van der Waals surface area (Å²) >= 11 is 1.78. The van der Waals surface area contributed by atoms with Crippen LogP contribution in [0.4, 0.5) is 5.82 Å². The van der Waals surface area contributed by atoms with E-state index >= 15 is 0 Å². The number of nitrogens with one attached hydrogen (secondary N) is 2. The summed E-state index contributed by atoms with van der Waals surface area (Å²) in [5, 5.41) is 2.96. The van der Waals surface area contributed by atoms with E-state index < -0.39 is 0 Å². The van der Waals surface area contributed by atoms with E-state index in [0.29, 0.717) is 23.8 Å². The highest BCUT2D eigenvalue weighted by molar-refractivity contribution is 7.98. The minimum Gasteiger partial charge on any atom is -0.352 e. The van der Waals surface area contributed by atoms with Crippen LogP contribution in [0.15, 0.2) is 12.1 Å². The lowest BCUT2D eigenvalue weighted by atomic mass is 10.1. The molecule has 1 atom stereocenters. The fraction of sp³-hybridized carbons (Fsp3) is 0.571. The number of nitrogens with zero attached hydrogens (tertiary/aromatic N) is 1. The molecule has 0 radical (unpaired) electrons. The SMILES string of the molecule is CCCc1cc(C(=O)NCC(C)CSC)cc(NN)n1. The fourth-order valence-corrected chi connectivity index (χ4v) is 2.58. The molecule has 0 saturated heterocycles. The van der Waals surface area contributed by atoms with E-state index in [4.69, 9.17) is 5.84 Å². The Balaban J connectivity index is 2.73. The van der Waals surface area contributed by atoms with Gasteiger partial charge in [-0.3, -0.25) is 4.79 Å². The van der Waals surface area contributed by atoms with Crippen LogP contribution in [0.5, 0.6) is 0 Å². The van der Waals surface area contributed by atoms with Gasteiger partial charge < -0.3 is 10.7 Å². The van der Waals surface area contributed by atoms with E-state index in [-0.39, 0.29) is 5.91 Å². The van der Waals surface area contributed by atoms with Crippen LogP contribution in [0.3, 0.4) is 0 Å². The Morgan fingerprint density at radius 3 is 2.85 bits per heavy atom. The van der Waals surface area contributed by atoms with Gasteiger partial charge in [-0.2, -0.15) is 11.8 Å². The van der Waals surface area contributed by atoms with Crippen molar-refractivity contribution in [3.05, 3.63) is 23.4 Å². The molecule has 20 heavy (non-hydrogen) atoms. The maximum Gasteiger partial charge on any atom is 0.251 e. The molecule has 0 aliphatic rings. The van der Waals surface area contributed by atoms with Crippen LogP contribution >= 0.6 is 11.8 Å². The Morgan fingerprint density at radius 2 is 2.25 bits per heavy atom. The Bertz CT molecular complexity index is 439. The largest absolute Gasteiger partial charge is 0.352 e. The van der Waals surface area contributed by atoms with Gasteiger partial charge in [0.25, 0.3) is 5.91 Å². The van der Waals surface area contributed by atoms with Crippen molar-refractivity contribution in [2.75, 3.05) is 24.0 Å². The molecule has 112 valence electrons. The topological polar surface area (TPSA) is 80.0 Å². The first kappa shape index (κ1) is 16.8. The van der Waals surface area contributed by atoms with Crippen LogP contribution < -0.4 is 16.6 Å². The number of thioether (sulfide) groups is 1. The maximum atomic E-state index is 12.2.